The Morgan fingerprint density at radius 1 is 1.03 bits per heavy atom. The summed E-state index contributed by atoms with van der Waals surface area (Å²) in [6.07, 6.45) is -2.45. The second-order valence-electron chi connectivity index (χ2n) is 11.1. The largest absolute Gasteiger partial charge is 0.497 e. The smallest absolute Gasteiger partial charge is 0.413 e. The first-order chi connectivity index (χ1) is 16.1. The summed E-state index contributed by atoms with van der Waals surface area (Å²) in [7, 11) is 3.02. The van der Waals surface area contributed by atoms with E-state index in [4.69, 9.17) is 23.7 Å². The van der Waals surface area contributed by atoms with Crippen molar-refractivity contribution in [3.05, 3.63) is 23.8 Å². The molecule has 0 N–H and O–H groups in total. The van der Waals surface area contributed by atoms with E-state index in [2.05, 4.69) is 0 Å². The molecule has 1 fully saturated rings. The van der Waals surface area contributed by atoms with Crippen LogP contribution in [0.5, 0.6) is 11.5 Å². The maximum Gasteiger partial charge on any atom is 0.413 e. The molecule has 0 saturated carbocycles. The topological polar surface area (TPSA) is 101 Å². The van der Waals surface area contributed by atoms with E-state index in [1.165, 1.54) is 19.1 Å². The van der Waals surface area contributed by atoms with E-state index in [9.17, 15) is 14.4 Å². The first-order valence-corrected chi connectivity index (χ1v) is 11.7. The van der Waals surface area contributed by atoms with Gasteiger partial charge in [0.1, 0.15) is 17.1 Å². The van der Waals surface area contributed by atoms with Gasteiger partial charge in [-0.1, -0.05) is 13.8 Å². The van der Waals surface area contributed by atoms with E-state index in [0.717, 1.165) is 0 Å². The van der Waals surface area contributed by atoms with Crippen LogP contribution in [0.3, 0.4) is 0 Å². The average Bonchev–Trinajstić information content (AvgIpc) is 3.09. The third-order valence-electron chi connectivity index (χ3n) is 5.30. The van der Waals surface area contributed by atoms with Crippen molar-refractivity contribution in [1.29, 1.82) is 0 Å². The molecule has 0 spiro atoms. The molecule has 196 valence electrons. The predicted molar refractivity (Wildman–Crippen MR) is 129 cm³/mol. The summed E-state index contributed by atoms with van der Waals surface area (Å²) in [6, 6.07) is 4.35. The zero-order valence-corrected chi connectivity index (χ0v) is 22.5. The molecule has 0 aromatic heterocycles. The molecule has 1 saturated heterocycles. The maximum absolute atomic E-state index is 13.4. The Morgan fingerprint density at radius 2 is 1.66 bits per heavy atom. The minimum atomic E-state index is -1.20. The molecule has 1 aromatic rings. The fourth-order valence-electron chi connectivity index (χ4n) is 3.64. The van der Waals surface area contributed by atoms with Crippen molar-refractivity contribution in [1.82, 2.24) is 4.90 Å². The Balaban J connectivity index is 2.58. The number of hydrogen-bond donors (Lipinski definition) is 0. The van der Waals surface area contributed by atoms with Crippen LogP contribution in [0.4, 0.5) is 4.79 Å². The molecule has 9 nitrogen and oxygen atoms in total. The molecule has 2 rings (SSSR count). The number of nitrogens with zero attached hydrogens (tertiary/aromatic N) is 1. The lowest BCUT2D eigenvalue weighted by Gasteiger charge is -2.32. The SMILES string of the molecule is COc1ccc(C2O[C@@H](C(=O)OC(=O)C(C)(C)C)[C@H](CC(C)C)N2C(=O)OC(C)(C)C)c(OC)c1. The van der Waals surface area contributed by atoms with E-state index in [1.807, 2.05) is 13.8 Å². The van der Waals surface area contributed by atoms with Gasteiger partial charge in [0.15, 0.2) is 12.3 Å². The molecular formula is C26H39NO8. The Hall–Kier alpha value is -2.81. The van der Waals surface area contributed by atoms with E-state index in [-0.39, 0.29) is 5.92 Å². The number of hydrogen-bond acceptors (Lipinski definition) is 8. The Bertz CT molecular complexity index is 928. The Morgan fingerprint density at radius 3 is 2.14 bits per heavy atom. The summed E-state index contributed by atoms with van der Waals surface area (Å²) in [5.74, 6) is -0.467. The molecule has 1 heterocycles. The summed E-state index contributed by atoms with van der Waals surface area (Å²) in [6.45, 7) is 14.2. The summed E-state index contributed by atoms with van der Waals surface area (Å²) < 4.78 is 27.9. The molecule has 0 aliphatic carbocycles. The number of carbonyl (C=O) groups is 3. The normalized spacial score (nSPS) is 20.5. The van der Waals surface area contributed by atoms with Crippen LogP contribution in [-0.4, -0.2) is 54.9 Å². The number of methoxy groups -OCH3 is 2. The van der Waals surface area contributed by atoms with Crippen molar-refractivity contribution < 1.29 is 38.1 Å². The van der Waals surface area contributed by atoms with Crippen molar-refractivity contribution in [2.75, 3.05) is 14.2 Å². The molecule has 9 heteroatoms. The molecule has 0 radical (unpaired) electrons. The van der Waals surface area contributed by atoms with E-state index in [1.54, 1.807) is 59.7 Å². The Kier molecular flexibility index (Phi) is 8.81. The monoisotopic (exact) mass is 493 g/mol. The molecule has 0 bridgehead atoms. The summed E-state index contributed by atoms with van der Waals surface area (Å²) in [5.41, 5.74) is -1.16. The minimum Gasteiger partial charge on any atom is -0.497 e. The van der Waals surface area contributed by atoms with E-state index < -0.39 is 47.4 Å². The van der Waals surface area contributed by atoms with Crippen molar-refractivity contribution in [3.63, 3.8) is 0 Å². The molecular weight excluding hydrogens is 454 g/mol. The van der Waals surface area contributed by atoms with Crippen molar-refractivity contribution >= 4 is 18.0 Å². The first-order valence-electron chi connectivity index (χ1n) is 11.7. The molecule has 1 aliphatic rings. The predicted octanol–water partition coefficient (Wildman–Crippen LogP) is 4.87. The highest BCUT2D eigenvalue weighted by Crippen LogP contribution is 2.43. The van der Waals surface area contributed by atoms with Crippen LogP contribution in [0, 0.1) is 11.3 Å². The van der Waals surface area contributed by atoms with Crippen molar-refractivity contribution in [3.8, 4) is 11.5 Å². The first kappa shape index (κ1) is 28.4. The fraction of sp³-hybridized carbons (Fsp3) is 0.654. The summed E-state index contributed by atoms with van der Waals surface area (Å²) in [4.78, 5) is 40.5. The second kappa shape index (κ2) is 10.8. The van der Waals surface area contributed by atoms with Crippen molar-refractivity contribution in [2.24, 2.45) is 11.3 Å². The van der Waals surface area contributed by atoms with Crippen molar-refractivity contribution in [2.45, 2.75) is 85.8 Å². The van der Waals surface area contributed by atoms with Crippen LogP contribution in [0.15, 0.2) is 18.2 Å². The number of carbonyl (C=O) groups excluding carboxylic acids is 3. The van der Waals surface area contributed by atoms with Gasteiger partial charge in [-0.2, -0.15) is 0 Å². The highest BCUT2D eigenvalue weighted by molar-refractivity contribution is 5.91. The van der Waals surface area contributed by atoms with Gasteiger partial charge < -0.3 is 23.7 Å². The summed E-state index contributed by atoms with van der Waals surface area (Å²) >= 11 is 0. The number of ether oxygens (including phenoxy) is 5. The summed E-state index contributed by atoms with van der Waals surface area (Å²) in [5, 5.41) is 0. The zero-order chi connectivity index (χ0) is 26.7. The van der Waals surface area contributed by atoms with Crippen LogP contribution in [0.25, 0.3) is 0 Å². The van der Waals surface area contributed by atoms with Gasteiger partial charge in [0, 0.05) is 11.6 Å². The minimum absolute atomic E-state index is 0.0960. The maximum atomic E-state index is 13.4. The van der Waals surface area contributed by atoms with Gasteiger partial charge in [-0.05, 0) is 66.0 Å². The van der Waals surface area contributed by atoms with Gasteiger partial charge in [0.25, 0.3) is 0 Å². The second-order valence-corrected chi connectivity index (χ2v) is 11.1. The van der Waals surface area contributed by atoms with Gasteiger partial charge in [0.05, 0.1) is 25.7 Å². The standard InChI is InChI=1S/C26H39NO8/c1-15(2)13-18-20(22(28)34-23(29)25(3,4)5)33-21(27(18)24(30)35-26(6,7)8)17-12-11-16(31-9)14-19(17)32-10/h11-12,14-15,18,20-21H,13H2,1-10H3/t18-,20+,21?/m0/s1. The van der Waals surface area contributed by atoms with Gasteiger partial charge in [-0.3, -0.25) is 9.69 Å². The van der Waals surface area contributed by atoms with Crippen LogP contribution in [0.1, 0.15) is 73.6 Å². The molecule has 3 atom stereocenters. The molecule has 35 heavy (non-hydrogen) atoms. The lowest BCUT2D eigenvalue weighted by Crippen LogP contribution is -2.46. The fourth-order valence-corrected chi connectivity index (χ4v) is 3.64. The molecule has 1 amide bonds. The van der Waals surface area contributed by atoms with Crippen LogP contribution >= 0.6 is 0 Å². The highest BCUT2D eigenvalue weighted by Gasteiger charge is 2.52. The third kappa shape index (κ3) is 7.10. The Labute approximate surface area is 208 Å². The number of benzene rings is 1. The number of esters is 2. The van der Waals surface area contributed by atoms with Gasteiger partial charge in [-0.25, -0.2) is 9.59 Å². The van der Waals surface area contributed by atoms with Crippen LogP contribution < -0.4 is 9.47 Å². The van der Waals surface area contributed by atoms with Gasteiger partial charge in [-0.15, -0.1) is 0 Å². The van der Waals surface area contributed by atoms with Crippen LogP contribution in [-0.2, 0) is 23.8 Å². The van der Waals surface area contributed by atoms with E-state index in [0.29, 0.717) is 23.5 Å². The molecule has 1 aliphatic heterocycles. The number of amides is 1. The zero-order valence-electron chi connectivity index (χ0n) is 22.5. The van der Waals surface area contributed by atoms with E-state index >= 15 is 0 Å². The molecule has 1 unspecified atom stereocenters. The van der Waals surface area contributed by atoms with Crippen LogP contribution in [0.2, 0.25) is 0 Å². The highest BCUT2D eigenvalue weighted by atomic mass is 16.6. The third-order valence-corrected chi connectivity index (χ3v) is 5.30. The molecule has 1 aromatic carbocycles. The van der Waals surface area contributed by atoms with Gasteiger partial charge >= 0.3 is 18.0 Å². The lowest BCUT2D eigenvalue weighted by molar-refractivity contribution is -0.173. The quantitative estimate of drug-likeness (QED) is 0.409. The lowest BCUT2D eigenvalue weighted by atomic mass is 9.96. The van der Waals surface area contributed by atoms with Gasteiger partial charge in [0.2, 0.25) is 0 Å². The average molecular weight is 494 g/mol. The number of rotatable bonds is 6.